The first-order chi connectivity index (χ1) is 12.5. The normalized spacial score (nSPS) is 15.0. The minimum Gasteiger partial charge on any atom is -0.490 e. The van der Waals surface area contributed by atoms with E-state index >= 15 is 0 Å². The Labute approximate surface area is 157 Å². The maximum atomic E-state index is 12.4. The third-order valence-corrected chi connectivity index (χ3v) is 3.73. The van der Waals surface area contributed by atoms with E-state index in [0.717, 1.165) is 10.5 Å². The first-order valence-corrected chi connectivity index (χ1v) is 8.32. The van der Waals surface area contributed by atoms with Gasteiger partial charge in [-0.1, -0.05) is 18.7 Å². The van der Waals surface area contributed by atoms with Crippen LogP contribution < -0.4 is 14.8 Å². The molecule has 1 saturated heterocycles. The average Bonchev–Trinajstić information content (AvgIpc) is 2.88. The molecule has 0 atom stereocenters. The Morgan fingerprint density at radius 2 is 2.12 bits per heavy atom. The van der Waals surface area contributed by atoms with Gasteiger partial charge >= 0.3 is 5.97 Å². The summed E-state index contributed by atoms with van der Waals surface area (Å²) in [6.45, 7) is 6.07. The summed E-state index contributed by atoms with van der Waals surface area (Å²) >= 11 is 5.10. The second-order valence-corrected chi connectivity index (χ2v) is 5.58. The van der Waals surface area contributed by atoms with Crippen molar-refractivity contribution in [3.05, 3.63) is 42.1 Å². The molecule has 0 spiro atoms. The summed E-state index contributed by atoms with van der Waals surface area (Å²) in [6.07, 6.45) is 3.27. The molecule has 1 fully saturated rings. The first kappa shape index (κ1) is 19.5. The highest BCUT2D eigenvalue weighted by Gasteiger charge is 2.32. The molecule has 2 rings (SSSR count). The third-order valence-electron chi connectivity index (χ3n) is 3.41. The van der Waals surface area contributed by atoms with Crippen molar-refractivity contribution < 1.29 is 23.8 Å². The molecule has 0 radical (unpaired) electrons. The lowest BCUT2D eigenvalue weighted by atomic mass is 10.1. The Morgan fingerprint density at radius 3 is 2.77 bits per heavy atom. The number of rotatable bonds is 8. The number of methoxy groups -OCH3 is 1. The number of ether oxygens (including phenoxy) is 3. The molecule has 1 amide bonds. The molecule has 1 aromatic rings. The molecular formula is C18H20N2O5S. The van der Waals surface area contributed by atoms with Crippen LogP contribution in [0.3, 0.4) is 0 Å². The summed E-state index contributed by atoms with van der Waals surface area (Å²) in [4.78, 5) is 25.0. The molecule has 1 aliphatic rings. The second-order valence-electron chi connectivity index (χ2n) is 5.19. The molecule has 8 heteroatoms. The van der Waals surface area contributed by atoms with Crippen molar-refractivity contribution >= 4 is 35.3 Å². The summed E-state index contributed by atoms with van der Waals surface area (Å²) in [5, 5.41) is 2.96. The number of thiocarbonyl (C=S) groups is 1. The van der Waals surface area contributed by atoms with Crippen LogP contribution in [0, 0.1) is 0 Å². The van der Waals surface area contributed by atoms with Crippen molar-refractivity contribution in [2.45, 2.75) is 6.92 Å². The average molecular weight is 376 g/mol. The zero-order chi connectivity index (χ0) is 19.1. The van der Waals surface area contributed by atoms with Crippen LogP contribution in [0.2, 0.25) is 0 Å². The van der Waals surface area contributed by atoms with Crippen molar-refractivity contribution in [2.24, 2.45) is 0 Å². The molecular weight excluding hydrogens is 356 g/mol. The lowest BCUT2D eigenvalue weighted by Gasteiger charge is -2.12. The smallest absolute Gasteiger partial charge is 0.325 e. The highest BCUT2D eigenvalue weighted by molar-refractivity contribution is 7.80. The van der Waals surface area contributed by atoms with Crippen LogP contribution in [0.1, 0.15) is 12.5 Å². The Morgan fingerprint density at radius 1 is 1.35 bits per heavy atom. The van der Waals surface area contributed by atoms with Gasteiger partial charge in [0.15, 0.2) is 16.6 Å². The molecule has 0 unspecified atom stereocenters. The number of esters is 1. The van der Waals surface area contributed by atoms with E-state index in [0.29, 0.717) is 24.7 Å². The SMILES string of the molecule is C=CCOc1ccc(/C=C2\NC(=S)N(CC(=O)OC)C2=O)cc1OCC. The van der Waals surface area contributed by atoms with E-state index in [1.165, 1.54) is 7.11 Å². The number of nitrogens with one attached hydrogen (secondary N) is 1. The fourth-order valence-electron chi connectivity index (χ4n) is 2.23. The number of hydrogen-bond donors (Lipinski definition) is 1. The van der Waals surface area contributed by atoms with Gasteiger partial charge in [0.05, 0.1) is 13.7 Å². The first-order valence-electron chi connectivity index (χ1n) is 7.92. The van der Waals surface area contributed by atoms with Gasteiger partial charge < -0.3 is 19.5 Å². The fourth-order valence-corrected chi connectivity index (χ4v) is 2.48. The maximum absolute atomic E-state index is 12.4. The van der Waals surface area contributed by atoms with Crippen molar-refractivity contribution in [3.8, 4) is 11.5 Å². The fraction of sp³-hybridized carbons (Fsp3) is 0.278. The summed E-state index contributed by atoms with van der Waals surface area (Å²) in [7, 11) is 1.25. The standard InChI is InChI=1S/C18H20N2O5S/c1-4-8-25-14-7-6-12(10-15(14)24-5-2)9-13-17(22)20(18(26)19-13)11-16(21)23-3/h4,6-7,9-10H,1,5,8,11H2,2-3H3,(H,19,26)/b13-9-. The van der Waals surface area contributed by atoms with Gasteiger partial charge in [0.2, 0.25) is 0 Å². The number of amides is 1. The van der Waals surface area contributed by atoms with Gasteiger partial charge in [0.25, 0.3) is 5.91 Å². The highest BCUT2D eigenvalue weighted by atomic mass is 32.1. The Balaban J connectivity index is 2.24. The van der Waals surface area contributed by atoms with Gasteiger partial charge in [-0.05, 0) is 42.9 Å². The molecule has 0 saturated carbocycles. The lowest BCUT2D eigenvalue weighted by Crippen LogP contribution is -2.35. The van der Waals surface area contributed by atoms with Crippen LogP contribution in [0.5, 0.6) is 11.5 Å². The second kappa shape index (κ2) is 9.00. The lowest BCUT2D eigenvalue weighted by molar-refractivity contribution is -0.143. The third kappa shape index (κ3) is 4.60. The quantitative estimate of drug-likeness (QED) is 0.321. The number of carbonyl (C=O) groups is 2. The van der Waals surface area contributed by atoms with Crippen LogP contribution in [0.4, 0.5) is 0 Å². The van der Waals surface area contributed by atoms with Gasteiger partial charge in [0, 0.05) is 0 Å². The van der Waals surface area contributed by atoms with Gasteiger partial charge in [0.1, 0.15) is 18.8 Å². The van der Waals surface area contributed by atoms with Crippen molar-refractivity contribution in [3.63, 3.8) is 0 Å². The Bertz CT molecular complexity index is 760. The van der Waals surface area contributed by atoms with Crippen molar-refractivity contribution in [2.75, 3.05) is 26.9 Å². The number of hydrogen-bond acceptors (Lipinski definition) is 6. The summed E-state index contributed by atoms with van der Waals surface area (Å²) in [5.74, 6) is 0.196. The van der Waals surface area contributed by atoms with E-state index in [-0.39, 0.29) is 17.4 Å². The zero-order valence-electron chi connectivity index (χ0n) is 14.6. The molecule has 1 aromatic carbocycles. The van der Waals surface area contributed by atoms with E-state index in [1.807, 2.05) is 6.92 Å². The molecule has 7 nitrogen and oxygen atoms in total. The monoisotopic (exact) mass is 376 g/mol. The van der Waals surface area contributed by atoms with Crippen molar-refractivity contribution in [1.82, 2.24) is 10.2 Å². The number of benzene rings is 1. The van der Waals surface area contributed by atoms with Gasteiger partial charge in [-0.3, -0.25) is 14.5 Å². The highest BCUT2D eigenvalue weighted by Crippen LogP contribution is 2.29. The summed E-state index contributed by atoms with van der Waals surface area (Å²) < 4.78 is 15.7. The molecule has 138 valence electrons. The minimum atomic E-state index is -0.550. The zero-order valence-corrected chi connectivity index (χ0v) is 15.4. The molecule has 0 aliphatic carbocycles. The van der Waals surface area contributed by atoms with Crippen LogP contribution in [-0.4, -0.2) is 48.8 Å². The molecule has 1 N–H and O–H groups in total. The van der Waals surface area contributed by atoms with Gasteiger partial charge in [-0.15, -0.1) is 0 Å². The molecule has 0 aromatic heterocycles. The largest absolute Gasteiger partial charge is 0.490 e. The van der Waals surface area contributed by atoms with E-state index < -0.39 is 11.9 Å². The van der Waals surface area contributed by atoms with Gasteiger partial charge in [-0.2, -0.15) is 0 Å². The van der Waals surface area contributed by atoms with E-state index in [4.69, 9.17) is 21.7 Å². The van der Waals surface area contributed by atoms with Crippen LogP contribution in [0.15, 0.2) is 36.6 Å². The number of carbonyl (C=O) groups excluding carboxylic acids is 2. The molecule has 1 aliphatic heterocycles. The predicted molar refractivity (Wildman–Crippen MR) is 101 cm³/mol. The molecule has 0 bridgehead atoms. The minimum absolute atomic E-state index is 0.155. The summed E-state index contributed by atoms with van der Waals surface area (Å²) in [5.41, 5.74) is 0.985. The van der Waals surface area contributed by atoms with Crippen LogP contribution >= 0.6 is 12.2 Å². The predicted octanol–water partition coefficient (Wildman–Crippen LogP) is 1.88. The van der Waals surface area contributed by atoms with Crippen LogP contribution in [0.25, 0.3) is 6.08 Å². The summed E-state index contributed by atoms with van der Waals surface area (Å²) in [6, 6.07) is 5.30. The van der Waals surface area contributed by atoms with Gasteiger partial charge in [-0.25, -0.2) is 0 Å². The Kier molecular flexibility index (Phi) is 6.74. The van der Waals surface area contributed by atoms with E-state index in [2.05, 4.69) is 16.6 Å². The molecule has 26 heavy (non-hydrogen) atoms. The number of nitrogens with zero attached hydrogens (tertiary/aromatic N) is 1. The Hall–Kier alpha value is -2.87. The van der Waals surface area contributed by atoms with Crippen molar-refractivity contribution in [1.29, 1.82) is 0 Å². The van der Waals surface area contributed by atoms with E-state index in [9.17, 15) is 9.59 Å². The topological polar surface area (TPSA) is 77.1 Å². The maximum Gasteiger partial charge on any atom is 0.325 e. The van der Waals surface area contributed by atoms with E-state index in [1.54, 1.807) is 30.4 Å². The van der Waals surface area contributed by atoms with Crippen LogP contribution in [-0.2, 0) is 14.3 Å². The molecule has 1 heterocycles.